The molecule has 0 bridgehead atoms. The summed E-state index contributed by atoms with van der Waals surface area (Å²) in [5.41, 5.74) is 3.10. The van der Waals surface area contributed by atoms with Gasteiger partial charge < -0.3 is 14.2 Å². The molecule has 0 N–H and O–H groups in total. The van der Waals surface area contributed by atoms with Gasteiger partial charge in [-0.3, -0.25) is 4.98 Å². The van der Waals surface area contributed by atoms with Crippen LogP contribution in [0.5, 0.6) is 0 Å². The van der Waals surface area contributed by atoms with Crippen molar-refractivity contribution in [2.75, 3.05) is 24.6 Å². The van der Waals surface area contributed by atoms with Gasteiger partial charge in [0.15, 0.2) is 0 Å². The molecule has 2 aromatic heterocycles. The number of aromatic nitrogens is 3. The van der Waals surface area contributed by atoms with Gasteiger partial charge in [-0.25, -0.2) is 0 Å². The summed E-state index contributed by atoms with van der Waals surface area (Å²) >= 11 is 12.1. The maximum atomic E-state index is 6.07. The Morgan fingerprint density at radius 1 is 1.17 bits per heavy atom. The maximum absolute atomic E-state index is 6.07. The number of anilines is 1. The summed E-state index contributed by atoms with van der Waals surface area (Å²) < 4.78 is 11.4. The van der Waals surface area contributed by atoms with Crippen molar-refractivity contribution in [1.82, 2.24) is 15.1 Å². The second kappa shape index (κ2) is 9.11. The van der Waals surface area contributed by atoms with Crippen molar-refractivity contribution in [3.63, 3.8) is 0 Å². The molecule has 0 aliphatic carbocycles. The third-order valence-corrected chi connectivity index (χ3v) is 5.33. The molecule has 6 nitrogen and oxygen atoms in total. The lowest BCUT2D eigenvalue weighted by Crippen LogP contribution is -2.42. The first-order chi connectivity index (χ1) is 14.1. The summed E-state index contributed by atoms with van der Waals surface area (Å²) in [6.07, 6.45) is 5.05. The predicted octanol–water partition coefficient (Wildman–Crippen LogP) is 4.97. The van der Waals surface area contributed by atoms with Crippen LogP contribution in [0.2, 0.25) is 10.0 Å². The Bertz CT molecular complexity index is 959. The van der Waals surface area contributed by atoms with Gasteiger partial charge in [0.25, 0.3) is 0 Å². The maximum Gasteiger partial charge on any atom is 0.324 e. The van der Waals surface area contributed by atoms with Crippen LogP contribution in [-0.2, 0) is 11.2 Å². The number of nitrogens with zero attached hydrogens (tertiary/aromatic N) is 4. The van der Waals surface area contributed by atoms with Crippen LogP contribution in [0.25, 0.3) is 11.4 Å². The average molecular weight is 433 g/mol. The lowest BCUT2D eigenvalue weighted by Gasteiger charge is -2.31. The lowest BCUT2D eigenvalue weighted by atomic mass is 10.1. The highest BCUT2D eigenvalue weighted by Gasteiger charge is 2.24. The Hall–Kier alpha value is -2.15. The highest BCUT2D eigenvalue weighted by atomic mass is 35.5. The van der Waals surface area contributed by atoms with Crippen LogP contribution < -0.4 is 4.90 Å². The number of rotatable bonds is 6. The second-order valence-corrected chi connectivity index (χ2v) is 8.07. The number of morpholine rings is 1. The molecular formula is C21H22Cl2N4O2. The third-order valence-electron chi connectivity index (χ3n) is 4.90. The molecule has 1 aliphatic heterocycles. The molecule has 1 atom stereocenters. The number of aryl methyl sites for hydroxylation is 2. The fourth-order valence-corrected chi connectivity index (χ4v) is 4.03. The fraction of sp³-hybridized carbons (Fsp3) is 0.381. The molecular weight excluding hydrogens is 411 g/mol. The number of pyridine rings is 1. The van der Waals surface area contributed by atoms with E-state index < -0.39 is 0 Å². The average Bonchev–Trinajstić information content (AvgIpc) is 3.18. The largest absolute Gasteiger partial charge is 0.375 e. The highest BCUT2D eigenvalue weighted by Crippen LogP contribution is 2.27. The zero-order valence-electron chi connectivity index (χ0n) is 16.1. The third kappa shape index (κ3) is 5.26. The summed E-state index contributed by atoms with van der Waals surface area (Å²) in [6.45, 7) is 4.10. The van der Waals surface area contributed by atoms with Gasteiger partial charge in [-0.05, 0) is 62.1 Å². The molecule has 1 aromatic carbocycles. The number of halogens is 2. The fourth-order valence-electron chi connectivity index (χ4n) is 3.51. The lowest BCUT2D eigenvalue weighted by molar-refractivity contribution is 0.0320. The van der Waals surface area contributed by atoms with Crippen molar-refractivity contribution in [3.05, 3.63) is 57.8 Å². The van der Waals surface area contributed by atoms with E-state index in [9.17, 15) is 0 Å². The quantitative estimate of drug-likeness (QED) is 0.547. The first-order valence-corrected chi connectivity index (χ1v) is 10.4. The monoisotopic (exact) mass is 432 g/mol. The van der Waals surface area contributed by atoms with Crippen LogP contribution in [0.1, 0.15) is 24.1 Å². The molecule has 0 saturated carbocycles. The molecule has 0 spiro atoms. The first-order valence-electron chi connectivity index (χ1n) is 9.65. The molecule has 8 heteroatoms. The molecule has 0 radical (unpaired) electrons. The molecule has 4 rings (SSSR count). The Balaban J connectivity index is 1.35. The number of benzene rings is 1. The van der Waals surface area contributed by atoms with Gasteiger partial charge in [-0.2, -0.15) is 4.98 Å². The molecule has 29 heavy (non-hydrogen) atoms. The molecule has 152 valence electrons. The molecule has 3 aromatic rings. The van der Waals surface area contributed by atoms with Gasteiger partial charge in [0, 0.05) is 40.6 Å². The van der Waals surface area contributed by atoms with Crippen LogP contribution in [0.3, 0.4) is 0 Å². The normalized spacial score (nSPS) is 16.9. The van der Waals surface area contributed by atoms with E-state index in [2.05, 4.69) is 32.2 Å². The summed E-state index contributed by atoms with van der Waals surface area (Å²) in [5, 5.41) is 5.16. The van der Waals surface area contributed by atoms with Gasteiger partial charge in [0.2, 0.25) is 5.82 Å². The summed E-state index contributed by atoms with van der Waals surface area (Å²) in [7, 11) is 0. The van der Waals surface area contributed by atoms with Gasteiger partial charge >= 0.3 is 6.01 Å². The van der Waals surface area contributed by atoms with Crippen molar-refractivity contribution in [3.8, 4) is 11.4 Å². The van der Waals surface area contributed by atoms with Crippen LogP contribution in [0.4, 0.5) is 6.01 Å². The summed E-state index contributed by atoms with van der Waals surface area (Å²) in [6, 6.07) is 9.91. The SMILES string of the molecule is Cc1cc(CCCC2CN(c3nc(-c4cc(Cl)cc(Cl)c4)no3)CCO2)ccn1. The molecule has 3 heterocycles. The van der Waals surface area contributed by atoms with E-state index in [0.717, 1.165) is 43.6 Å². The van der Waals surface area contributed by atoms with E-state index in [4.69, 9.17) is 32.5 Å². The minimum Gasteiger partial charge on any atom is -0.375 e. The molecule has 1 unspecified atom stereocenters. The van der Waals surface area contributed by atoms with Crippen molar-refractivity contribution in [2.24, 2.45) is 0 Å². The Morgan fingerprint density at radius 3 is 2.79 bits per heavy atom. The topological polar surface area (TPSA) is 64.3 Å². The zero-order valence-corrected chi connectivity index (χ0v) is 17.7. The van der Waals surface area contributed by atoms with Crippen molar-refractivity contribution in [2.45, 2.75) is 32.3 Å². The minimum absolute atomic E-state index is 0.141. The molecule has 1 saturated heterocycles. The Labute approximate surface area is 179 Å². The predicted molar refractivity (Wildman–Crippen MR) is 114 cm³/mol. The van der Waals surface area contributed by atoms with Crippen LogP contribution in [-0.4, -0.2) is 40.9 Å². The van der Waals surface area contributed by atoms with Gasteiger partial charge in [0.05, 0.1) is 12.7 Å². The Kier molecular flexibility index (Phi) is 6.33. The highest BCUT2D eigenvalue weighted by molar-refractivity contribution is 6.35. The Morgan fingerprint density at radius 2 is 2.00 bits per heavy atom. The second-order valence-electron chi connectivity index (χ2n) is 7.20. The van der Waals surface area contributed by atoms with E-state index in [1.165, 1.54) is 5.56 Å². The van der Waals surface area contributed by atoms with E-state index in [1.54, 1.807) is 18.2 Å². The number of ether oxygens (including phenoxy) is 1. The summed E-state index contributed by atoms with van der Waals surface area (Å²) in [4.78, 5) is 10.8. The van der Waals surface area contributed by atoms with Crippen LogP contribution in [0.15, 0.2) is 41.1 Å². The van der Waals surface area contributed by atoms with Crippen molar-refractivity contribution >= 4 is 29.2 Å². The van der Waals surface area contributed by atoms with E-state index in [-0.39, 0.29) is 6.10 Å². The van der Waals surface area contributed by atoms with Crippen molar-refractivity contribution < 1.29 is 9.26 Å². The first kappa shape index (κ1) is 20.1. The van der Waals surface area contributed by atoms with E-state index in [1.807, 2.05) is 13.1 Å². The molecule has 1 aliphatic rings. The van der Waals surface area contributed by atoms with Gasteiger partial charge in [-0.15, -0.1) is 0 Å². The van der Waals surface area contributed by atoms with Gasteiger partial charge in [0.1, 0.15) is 0 Å². The van der Waals surface area contributed by atoms with Crippen molar-refractivity contribution in [1.29, 1.82) is 0 Å². The molecule has 0 amide bonds. The smallest absolute Gasteiger partial charge is 0.324 e. The van der Waals surface area contributed by atoms with E-state index in [0.29, 0.717) is 28.5 Å². The summed E-state index contributed by atoms with van der Waals surface area (Å²) in [5.74, 6) is 0.473. The number of hydrogen-bond donors (Lipinski definition) is 0. The van der Waals surface area contributed by atoms with E-state index >= 15 is 0 Å². The molecule has 1 fully saturated rings. The zero-order chi connectivity index (χ0) is 20.2. The number of hydrogen-bond acceptors (Lipinski definition) is 6. The van der Waals surface area contributed by atoms with Crippen LogP contribution >= 0.6 is 23.2 Å². The van der Waals surface area contributed by atoms with Gasteiger partial charge in [-0.1, -0.05) is 28.4 Å². The minimum atomic E-state index is 0.141. The standard InChI is InChI=1S/C21H22Cl2N4O2/c1-14-9-15(5-6-24-14)3-2-4-19-13-27(7-8-28-19)21-25-20(26-29-21)16-10-17(22)12-18(23)11-16/h5-6,9-12,19H,2-4,7-8,13H2,1H3. The van der Waals surface area contributed by atoms with Crippen LogP contribution in [0, 0.1) is 6.92 Å².